The first-order chi connectivity index (χ1) is 9.76. The molecule has 0 fully saturated rings. The summed E-state index contributed by atoms with van der Waals surface area (Å²) in [4.78, 5) is 11.0. The van der Waals surface area contributed by atoms with Gasteiger partial charge < -0.3 is 15.3 Å². The van der Waals surface area contributed by atoms with Crippen molar-refractivity contribution in [2.75, 3.05) is 37.0 Å². The van der Waals surface area contributed by atoms with Crippen LogP contribution in [0.4, 0.5) is 11.8 Å². The summed E-state index contributed by atoms with van der Waals surface area (Å²) in [6.45, 7) is 3.94. The zero-order valence-corrected chi connectivity index (χ0v) is 12.1. The lowest BCUT2D eigenvalue weighted by molar-refractivity contribution is 0.283. The summed E-state index contributed by atoms with van der Waals surface area (Å²) in [6, 6.07) is 0. The molecule has 2 aromatic heterocycles. The average molecular weight is 278 g/mol. The van der Waals surface area contributed by atoms with E-state index in [4.69, 9.17) is 5.11 Å². The van der Waals surface area contributed by atoms with E-state index in [-0.39, 0.29) is 6.61 Å². The van der Waals surface area contributed by atoms with Crippen LogP contribution >= 0.6 is 0 Å². The van der Waals surface area contributed by atoms with Crippen molar-refractivity contribution in [3.05, 3.63) is 6.20 Å². The highest BCUT2D eigenvalue weighted by atomic mass is 16.2. The maximum atomic E-state index is 8.80. The molecule has 0 amide bonds. The van der Waals surface area contributed by atoms with Gasteiger partial charge in [-0.2, -0.15) is 15.1 Å². The maximum Gasteiger partial charge on any atom is 0.226 e. The minimum atomic E-state index is 0.258. The molecule has 0 saturated carbocycles. The minimum Gasteiger partial charge on any atom is -0.396 e. The van der Waals surface area contributed by atoms with Gasteiger partial charge in [-0.05, 0) is 26.2 Å². The molecule has 3 N–H and O–H groups in total. The second-order valence-corrected chi connectivity index (χ2v) is 4.74. The molecule has 0 saturated heterocycles. The topological polar surface area (TPSA) is 90.0 Å². The number of aromatic nitrogens is 4. The largest absolute Gasteiger partial charge is 0.396 e. The highest BCUT2D eigenvalue weighted by Crippen LogP contribution is 2.23. The molecule has 20 heavy (non-hydrogen) atoms. The van der Waals surface area contributed by atoms with Crippen molar-refractivity contribution < 1.29 is 5.11 Å². The van der Waals surface area contributed by atoms with E-state index in [1.807, 2.05) is 14.0 Å². The van der Waals surface area contributed by atoms with Crippen molar-refractivity contribution in [2.24, 2.45) is 0 Å². The van der Waals surface area contributed by atoms with Gasteiger partial charge in [-0.1, -0.05) is 0 Å². The summed E-state index contributed by atoms with van der Waals surface area (Å²) in [5, 5.41) is 19.8. The lowest BCUT2D eigenvalue weighted by Crippen LogP contribution is -2.21. The Kier molecular flexibility index (Phi) is 5.11. The van der Waals surface area contributed by atoms with Gasteiger partial charge in [0, 0.05) is 26.7 Å². The smallest absolute Gasteiger partial charge is 0.226 e. The molecule has 2 rings (SSSR count). The Morgan fingerprint density at radius 3 is 2.90 bits per heavy atom. The SMILES string of the molecule is CCNc1nc(N(C)CCCCCO)c2cn[nH]c2n1. The van der Waals surface area contributed by atoms with Crippen molar-refractivity contribution in [2.45, 2.75) is 26.2 Å². The van der Waals surface area contributed by atoms with Gasteiger partial charge >= 0.3 is 0 Å². The third-order valence-corrected chi connectivity index (χ3v) is 3.14. The van der Waals surface area contributed by atoms with Crippen molar-refractivity contribution >= 4 is 22.8 Å². The predicted octanol–water partition coefficient (Wildman–Crippen LogP) is 1.38. The van der Waals surface area contributed by atoms with Crippen LogP contribution in [0.1, 0.15) is 26.2 Å². The molecule has 110 valence electrons. The molecule has 0 spiro atoms. The monoisotopic (exact) mass is 278 g/mol. The van der Waals surface area contributed by atoms with E-state index in [0.29, 0.717) is 5.95 Å². The fraction of sp³-hybridized carbons (Fsp3) is 0.615. The summed E-state index contributed by atoms with van der Waals surface area (Å²) in [6.07, 6.45) is 4.64. The maximum absolute atomic E-state index is 8.80. The van der Waals surface area contributed by atoms with Gasteiger partial charge in [0.15, 0.2) is 5.65 Å². The number of anilines is 2. The Bertz CT molecular complexity index is 541. The number of nitrogens with zero attached hydrogens (tertiary/aromatic N) is 4. The normalized spacial score (nSPS) is 10.9. The van der Waals surface area contributed by atoms with E-state index in [1.54, 1.807) is 6.20 Å². The standard InChI is InChI=1S/C13H22N6O/c1-3-14-13-16-11-10(9-15-18-11)12(17-13)19(2)7-5-4-6-8-20/h9,20H,3-8H2,1-2H3,(H2,14,15,16,17,18). The summed E-state index contributed by atoms with van der Waals surface area (Å²) < 4.78 is 0. The Morgan fingerprint density at radius 1 is 1.30 bits per heavy atom. The molecule has 0 aliphatic rings. The van der Waals surface area contributed by atoms with E-state index in [1.165, 1.54) is 0 Å². The fourth-order valence-corrected chi connectivity index (χ4v) is 2.09. The Morgan fingerprint density at radius 2 is 2.15 bits per heavy atom. The van der Waals surface area contributed by atoms with Crippen LogP contribution < -0.4 is 10.2 Å². The van der Waals surface area contributed by atoms with Crippen LogP contribution in [-0.4, -0.2) is 52.0 Å². The Labute approximate surface area is 118 Å². The van der Waals surface area contributed by atoms with Gasteiger partial charge in [-0.25, -0.2) is 0 Å². The molecule has 7 heteroatoms. The summed E-state index contributed by atoms with van der Waals surface area (Å²) in [5.74, 6) is 1.49. The van der Waals surface area contributed by atoms with Gasteiger partial charge in [0.25, 0.3) is 0 Å². The van der Waals surface area contributed by atoms with Gasteiger partial charge in [-0.3, -0.25) is 5.10 Å². The number of fused-ring (bicyclic) bond motifs is 1. The number of hydrogen-bond donors (Lipinski definition) is 3. The molecule has 0 unspecified atom stereocenters. The number of hydrogen-bond acceptors (Lipinski definition) is 6. The quantitative estimate of drug-likeness (QED) is 0.632. The number of aromatic amines is 1. The number of rotatable bonds is 8. The number of H-pyrrole nitrogens is 1. The van der Waals surface area contributed by atoms with Crippen molar-refractivity contribution in [1.29, 1.82) is 0 Å². The van der Waals surface area contributed by atoms with Crippen LogP contribution in [0, 0.1) is 0 Å². The van der Waals surface area contributed by atoms with Crippen molar-refractivity contribution in [1.82, 2.24) is 20.2 Å². The average Bonchev–Trinajstić information content (AvgIpc) is 2.91. The van der Waals surface area contributed by atoms with Crippen LogP contribution in [0.25, 0.3) is 11.0 Å². The lowest BCUT2D eigenvalue weighted by Gasteiger charge is -2.19. The molecule has 7 nitrogen and oxygen atoms in total. The first-order valence-corrected chi connectivity index (χ1v) is 7.03. The first-order valence-electron chi connectivity index (χ1n) is 7.03. The number of unbranched alkanes of at least 4 members (excludes halogenated alkanes) is 2. The molecule has 2 aromatic rings. The highest BCUT2D eigenvalue weighted by Gasteiger charge is 2.12. The van der Waals surface area contributed by atoms with Crippen molar-refractivity contribution in [3.8, 4) is 0 Å². The summed E-state index contributed by atoms with van der Waals surface area (Å²) in [5.41, 5.74) is 0.744. The second kappa shape index (κ2) is 7.04. The number of aliphatic hydroxyl groups excluding tert-OH is 1. The first kappa shape index (κ1) is 14.5. The highest BCUT2D eigenvalue weighted by molar-refractivity contribution is 5.87. The van der Waals surface area contributed by atoms with E-state index in [2.05, 4.69) is 30.4 Å². The van der Waals surface area contributed by atoms with Crippen LogP contribution in [0.15, 0.2) is 6.20 Å². The van der Waals surface area contributed by atoms with Crippen LogP contribution in [0.2, 0.25) is 0 Å². The minimum absolute atomic E-state index is 0.258. The Hall–Kier alpha value is -1.89. The second-order valence-electron chi connectivity index (χ2n) is 4.74. The number of nitrogens with one attached hydrogen (secondary N) is 2. The number of aliphatic hydroxyl groups is 1. The van der Waals surface area contributed by atoms with Crippen molar-refractivity contribution in [3.63, 3.8) is 0 Å². The zero-order valence-electron chi connectivity index (χ0n) is 12.1. The molecule has 0 radical (unpaired) electrons. The molecule has 0 aromatic carbocycles. The summed E-state index contributed by atoms with van der Waals surface area (Å²) >= 11 is 0. The van der Waals surface area contributed by atoms with Gasteiger partial charge in [0.1, 0.15) is 5.82 Å². The summed E-state index contributed by atoms with van der Waals surface area (Å²) in [7, 11) is 2.02. The predicted molar refractivity (Wildman–Crippen MR) is 80.1 cm³/mol. The molecular weight excluding hydrogens is 256 g/mol. The molecule has 0 bridgehead atoms. The van der Waals surface area contributed by atoms with Crippen LogP contribution in [0.3, 0.4) is 0 Å². The van der Waals surface area contributed by atoms with Gasteiger partial charge in [0.2, 0.25) is 5.95 Å². The van der Waals surface area contributed by atoms with Crippen LogP contribution in [0.5, 0.6) is 0 Å². The molecule has 0 aliphatic heterocycles. The van der Waals surface area contributed by atoms with E-state index in [9.17, 15) is 0 Å². The van der Waals surface area contributed by atoms with Gasteiger partial charge in [0.05, 0.1) is 11.6 Å². The lowest BCUT2D eigenvalue weighted by atomic mass is 10.2. The third-order valence-electron chi connectivity index (χ3n) is 3.14. The molecule has 0 aliphatic carbocycles. The third kappa shape index (κ3) is 3.36. The molecule has 0 atom stereocenters. The van der Waals surface area contributed by atoms with E-state index >= 15 is 0 Å². The van der Waals surface area contributed by atoms with Crippen LogP contribution in [-0.2, 0) is 0 Å². The van der Waals surface area contributed by atoms with E-state index < -0.39 is 0 Å². The fourth-order valence-electron chi connectivity index (χ4n) is 2.09. The van der Waals surface area contributed by atoms with E-state index in [0.717, 1.165) is 49.2 Å². The molecule has 2 heterocycles. The zero-order chi connectivity index (χ0) is 14.4. The Balaban J connectivity index is 2.15. The molecular formula is C13H22N6O. The van der Waals surface area contributed by atoms with Gasteiger partial charge in [-0.15, -0.1) is 0 Å².